The molecule has 1 fully saturated rings. The Morgan fingerprint density at radius 1 is 1.00 bits per heavy atom. The van der Waals surface area contributed by atoms with Gasteiger partial charge in [-0.15, -0.1) is 0 Å². The number of ether oxygens (including phenoxy) is 1. The van der Waals surface area contributed by atoms with Crippen LogP contribution < -0.4 is 10.1 Å². The van der Waals surface area contributed by atoms with Gasteiger partial charge in [-0.3, -0.25) is 4.90 Å². The van der Waals surface area contributed by atoms with E-state index in [4.69, 9.17) is 4.74 Å². The molecule has 3 nitrogen and oxygen atoms in total. The molecule has 0 saturated carbocycles. The third-order valence-corrected chi connectivity index (χ3v) is 5.39. The average molecular weight is 353 g/mol. The maximum Gasteiger partial charge on any atom is 0.123 e. The van der Waals surface area contributed by atoms with Crippen LogP contribution in [0.3, 0.4) is 0 Å². The van der Waals surface area contributed by atoms with Crippen molar-refractivity contribution in [3.63, 3.8) is 0 Å². The minimum absolute atomic E-state index is 0.818. The highest BCUT2D eigenvalue weighted by molar-refractivity contribution is 5.36. The third kappa shape index (κ3) is 5.33. The summed E-state index contributed by atoms with van der Waals surface area (Å²) in [7, 11) is 1.73. The van der Waals surface area contributed by atoms with E-state index in [1.807, 2.05) is 6.07 Å². The van der Waals surface area contributed by atoms with Gasteiger partial charge in [0.25, 0.3) is 0 Å². The second-order valence-corrected chi connectivity index (χ2v) is 7.69. The number of aryl methyl sites for hydroxylation is 1. The SMILES string of the molecule is COc1ccc(C)cc1CNCc1ccc(CN2CCC(C)CC2)cc1. The number of benzene rings is 2. The summed E-state index contributed by atoms with van der Waals surface area (Å²) in [5.41, 5.74) is 5.22. The number of likely N-dealkylation sites (tertiary alicyclic amines) is 1. The third-order valence-electron chi connectivity index (χ3n) is 5.39. The minimum atomic E-state index is 0.818. The van der Waals surface area contributed by atoms with Crippen molar-refractivity contribution in [1.29, 1.82) is 0 Å². The van der Waals surface area contributed by atoms with Gasteiger partial charge in [-0.2, -0.15) is 0 Å². The summed E-state index contributed by atoms with van der Waals surface area (Å²) in [5, 5.41) is 3.54. The molecule has 2 aromatic rings. The molecule has 0 atom stereocenters. The molecule has 26 heavy (non-hydrogen) atoms. The van der Waals surface area contributed by atoms with Gasteiger partial charge in [-0.25, -0.2) is 0 Å². The molecule has 0 amide bonds. The van der Waals surface area contributed by atoms with Crippen molar-refractivity contribution in [3.8, 4) is 5.75 Å². The summed E-state index contributed by atoms with van der Waals surface area (Å²) in [4.78, 5) is 2.58. The molecule has 1 N–H and O–H groups in total. The van der Waals surface area contributed by atoms with Crippen molar-refractivity contribution in [2.24, 2.45) is 5.92 Å². The molecule has 0 aliphatic carbocycles. The van der Waals surface area contributed by atoms with Gasteiger partial charge in [-0.05, 0) is 56.0 Å². The fourth-order valence-corrected chi connectivity index (χ4v) is 3.63. The molecule has 1 saturated heterocycles. The molecule has 0 bridgehead atoms. The van der Waals surface area contributed by atoms with E-state index in [1.54, 1.807) is 7.11 Å². The zero-order valence-electron chi connectivity index (χ0n) is 16.4. The van der Waals surface area contributed by atoms with Crippen LogP contribution in [0.15, 0.2) is 42.5 Å². The van der Waals surface area contributed by atoms with Gasteiger partial charge in [0, 0.05) is 25.2 Å². The lowest BCUT2D eigenvalue weighted by Crippen LogP contribution is -2.32. The molecule has 0 spiro atoms. The van der Waals surface area contributed by atoms with Gasteiger partial charge in [0.05, 0.1) is 7.11 Å². The highest BCUT2D eigenvalue weighted by Gasteiger charge is 2.15. The lowest BCUT2D eigenvalue weighted by molar-refractivity contribution is 0.185. The number of rotatable bonds is 7. The second kappa shape index (κ2) is 9.20. The van der Waals surface area contributed by atoms with Crippen molar-refractivity contribution < 1.29 is 4.74 Å². The van der Waals surface area contributed by atoms with Crippen molar-refractivity contribution in [1.82, 2.24) is 10.2 Å². The Hall–Kier alpha value is -1.84. The first kappa shape index (κ1) is 18.9. The van der Waals surface area contributed by atoms with E-state index < -0.39 is 0 Å². The molecule has 140 valence electrons. The van der Waals surface area contributed by atoms with Crippen molar-refractivity contribution in [3.05, 3.63) is 64.7 Å². The minimum Gasteiger partial charge on any atom is -0.496 e. The zero-order valence-corrected chi connectivity index (χ0v) is 16.4. The first-order chi connectivity index (χ1) is 12.6. The van der Waals surface area contributed by atoms with Gasteiger partial charge >= 0.3 is 0 Å². The van der Waals surface area contributed by atoms with E-state index >= 15 is 0 Å². The normalized spacial score (nSPS) is 16.0. The Kier molecular flexibility index (Phi) is 6.70. The van der Waals surface area contributed by atoms with Crippen LogP contribution in [-0.2, 0) is 19.6 Å². The smallest absolute Gasteiger partial charge is 0.123 e. The fourth-order valence-electron chi connectivity index (χ4n) is 3.63. The Bertz CT molecular complexity index is 688. The van der Waals surface area contributed by atoms with Gasteiger partial charge in [0.15, 0.2) is 0 Å². The van der Waals surface area contributed by atoms with Crippen LogP contribution in [0.4, 0.5) is 0 Å². The average Bonchev–Trinajstić information content (AvgIpc) is 2.65. The first-order valence-corrected chi connectivity index (χ1v) is 9.78. The standard InChI is InChI=1S/C23H32N2O/c1-18-10-12-25(13-11-18)17-21-7-5-20(6-8-21)15-24-16-22-14-19(2)4-9-23(22)26-3/h4-9,14,18,24H,10-13,15-17H2,1-3H3. The monoisotopic (exact) mass is 352 g/mol. The maximum absolute atomic E-state index is 5.45. The molecule has 0 radical (unpaired) electrons. The Morgan fingerprint density at radius 3 is 2.38 bits per heavy atom. The molecule has 3 heteroatoms. The highest BCUT2D eigenvalue weighted by atomic mass is 16.5. The number of methoxy groups -OCH3 is 1. The number of piperidine rings is 1. The van der Waals surface area contributed by atoms with Gasteiger partial charge in [-0.1, -0.05) is 48.9 Å². The predicted octanol–water partition coefficient (Wildman–Crippen LogP) is 4.53. The largest absolute Gasteiger partial charge is 0.496 e. The van der Waals surface area contributed by atoms with Crippen molar-refractivity contribution in [2.75, 3.05) is 20.2 Å². The Morgan fingerprint density at radius 2 is 1.69 bits per heavy atom. The van der Waals surface area contributed by atoms with Crippen LogP contribution in [0, 0.1) is 12.8 Å². The van der Waals surface area contributed by atoms with Crippen LogP contribution >= 0.6 is 0 Å². The topological polar surface area (TPSA) is 24.5 Å². The first-order valence-electron chi connectivity index (χ1n) is 9.78. The molecule has 2 aromatic carbocycles. The molecule has 1 aliphatic rings. The van der Waals surface area contributed by atoms with E-state index in [9.17, 15) is 0 Å². The van der Waals surface area contributed by atoms with E-state index in [1.165, 1.54) is 48.2 Å². The predicted molar refractivity (Wildman–Crippen MR) is 108 cm³/mol. The molecule has 3 rings (SSSR count). The van der Waals surface area contributed by atoms with Crippen molar-refractivity contribution in [2.45, 2.75) is 46.3 Å². The summed E-state index contributed by atoms with van der Waals surface area (Å²) < 4.78 is 5.45. The van der Waals surface area contributed by atoms with Crippen molar-refractivity contribution >= 4 is 0 Å². The Labute approximate surface area is 158 Å². The summed E-state index contributed by atoms with van der Waals surface area (Å²) in [5.74, 6) is 1.85. The van der Waals surface area contributed by atoms with E-state index in [0.29, 0.717) is 0 Å². The summed E-state index contributed by atoms with van der Waals surface area (Å²) in [6.45, 7) is 9.74. The van der Waals surface area contributed by atoms with Crippen LogP contribution in [-0.4, -0.2) is 25.1 Å². The van der Waals surface area contributed by atoms with E-state index in [-0.39, 0.29) is 0 Å². The second-order valence-electron chi connectivity index (χ2n) is 7.69. The van der Waals surface area contributed by atoms with Crippen LogP contribution in [0.25, 0.3) is 0 Å². The van der Waals surface area contributed by atoms with Crippen LogP contribution in [0.2, 0.25) is 0 Å². The molecule has 1 heterocycles. The maximum atomic E-state index is 5.45. The summed E-state index contributed by atoms with van der Waals surface area (Å²) >= 11 is 0. The lowest BCUT2D eigenvalue weighted by atomic mass is 9.99. The van der Waals surface area contributed by atoms with E-state index in [0.717, 1.165) is 31.3 Å². The number of hydrogen-bond acceptors (Lipinski definition) is 3. The highest BCUT2D eigenvalue weighted by Crippen LogP contribution is 2.20. The number of nitrogens with zero attached hydrogens (tertiary/aromatic N) is 1. The zero-order chi connectivity index (χ0) is 18.4. The summed E-state index contributed by atoms with van der Waals surface area (Å²) in [6, 6.07) is 15.4. The summed E-state index contributed by atoms with van der Waals surface area (Å²) in [6.07, 6.45) is 2.68. The quantitative estimate of drug-likeness (QED) is 0.792. The lowest BCUT2D eigenvalue weighted by Gasteiger charge is -2.30. The fraction of sp³-hybridized carbons (Fsp3) is 0.478. The van der Waals surface area contributed by atoms with Gasteiger partial charge < -0.3 is 10.1 Å². The molecule has 0 unspecified atom stereocenters. The number of nitrogens with one attached hydrogen (secondary N) is 1. The van der Waals surface area contributed by atoms with E-state index in [2.05, 4.69) is 60.5 Å². The number of hydrogen-bond donors (Lipinski definition) is 1. The Balaban J connectivity index is 1.48. The van der Waals surface area contributed by atoms with Gasteiger partial charge in [0.2, 0.25) is 0 Å². The molecule has 1 aliphatic heterocycles. The molecule has 0 aromatic heterocycles. The van der Waals surface area contributed by atoms with Crippen LogP contribution in [0.1, 0.15) is 42.0 Å². The molecular formula is C23H32N2O. The molecular weight excluding hydrogens is 320 g/mol. The van der Waals surface area contributed by atoms with Crippen LogP contribution in [0.5, 0.6) is 5.75 Å². The van der Waals surface area contributed by atoms with Gasteiger partial charge in [0.1, 0.15) is 5.75 Å².